The van der Waals surface area contributed by atoms with Crippen LogP contribution in [-0.4, -0.2) is 36.6 Å². The van der Waals surface area contributed by atoms with Gasteiger partial charge in [0.1, 0.15) is 16.9 Å². The highest BCUT2D eigenvalue weighted by molar-refractivity contribution is 6.02. The second kappa shape index (κ2) is 15.6. The van der Waals surface area contributed by atoms with Gasteiger partial charge in [-0.05, 0) is 158 Å². The summed E-state index contributed by atoms with van der Waals surface area (Å²) < 4.78 is 6.34. The maximum Gasteiger partial charge on any atom is 0.144 e. The van der Waals surface area contributed by atoms with Crippen LogP contribution in [-0.2, 0) is 0 Å². The lowest BCUT2D eigenvalue weighted by atomic mass is 9.86. The van der Waals surface area contributed by atoms with E-state index in [1.807, 2.05) is 20.8 Å². The van der Waals surface area contributed by atoms with Gasteiger partial charge in [-0.2, -0.15) is 0 Å². The van der Waals surface area contributed by atoms with E-state index < -0.39 is 0 Å². The fourth-order valence-electron chi connectivity index (χ4n) is 10.2. The number of hydrogen-bond donors (Lipinski definition) is 0. The lowest BCUT2D eigenvalue weighted by Gasteiger charge is -2.18. The van der Waals surface area contributed by atoms with Gasteiger partial charge in [0, 0.05) is 61.8 Å². The molecule has 0 spiro atoms. The van der Waals surface area contributed by atoms with Crippen molar-refractivity contribution in [2.24, 2.45) is 0 Å². The molecule has 0 aliphatic heterocycles. The second-order valence-electron chi connectivity index (χ2n) is 17.6. The highest BCUT2D eigenvalue weighted by atomic mass is 15.0. The van der Waals surface area contributed by atoms with Gasteiger partial charge in [-0.3, -0.25) is 0 Å². The third kappa shape index (κ3) is 6.69. The van der Waals surface area contributed by atoms with Crippen LogP contribution in [0.25, 0.3) is 116 Å². The van der Waals surface area contributed by atoms with Crippen molar-refractivity contribution in [3.8, 4) is 66.8 Å². The van der Waals surface area contributed by atoms with Crippen LogP contribution in [0.5, 0.6) is 0 Å². The van der Waals surface area contributed by atoms with Gasteiger partial charge in [0.2, 0.25) is 0 Å². The summed E-state index contributed by atoms with van der Waals surface area (Å²) in [6.07, 6.45) is 12.6. The highest BCUT2D eigenvalue weighted by Crippen LogP contribution is 2.43. The number of imidazole rings is 3. The molecule has 0 atom stereocenters. The third-order valence-corrected chi connectivity index (χ3v) is 13.3. The van der Waals surface area contributed by atoms with Gasteiger partial charge in [0.15, 0.2) is 0 Å². The van der Waals surface area contributed by atoms with E-state index >= 15 is 0 Å². The molecule has 315 valence electrons. The minimum atomic E-state index is 0. The van der Waals surface area contributed by atoms with E-state index in [-0.39, 0.29) is 8.41 Å². The molecule has 0 amide bonds. The van der Waals surface area contributed by atoms with Crippen LogP contribution < -0.4 is 0 Å². The Hall–Kier alpha value is -8.55. The second-order valence-corrected chi connectivity index (χ2v) is 17.6. The average Bonchev–Trinajstić information content (AvgIpc) is 4.07. The highest BCUT2D eigenvalue weighted by Gasteiger charge is 2.18. The minimum Gasteiger partial charge on any atom is -0.306 e. The number of aryl methyl sites for hydroxylation is 3. The molecule has 6 heterocycles. The first-order valence-corrected chi connectivity index (χ1v) is 22.5. The Kier molecular flexibility index (Phi) is 9.29. The average molecular weight is 858 g/mol. The molecule has 0 aliphatic rings. The number of benzene rings is 7. The van der Waals surface area contributed by atoms with Crippen LogP contribution in [0.15, 0.2) is 201 Å². The monoisotopic (exact) mass is 857 g/mol. The number of nitrogens with zero attached hydrogens (tertiary/aromatic N) is 6. The lowest BCUT2D eigenvalue weighted by molar-refractivity contribution is 1.20. The molecule has 0 N–H and O–H groups in total. The molecule has 3 radical (unpaired) electrons. The molecule has 0 unspecified atom stereocenters. The maximum atomic E-state index is 4.85. The molecule has 13 aromatic rings. The van der Waals surface area contributed by atoms with Gasteiger partial charge in [-0.15, -0.1) is 0 Å². The molecule has 0 aliphatic carbocycles. The zero-order chi connectivity index (χ0) is 44.0. The Morgan fingerprint density at radius 2 is 0.567 bits per heavy atom. The SMILES string of the molecule is Cc1cn2ccc3cc(-c4ccccc4-c4cc(-c5ccccc5-c5ccc6c(ccn7cc(C)nc67)c5)cc(-c5ccccc5-c5ccc6c(ccn7cc(C)nc67)c5)c4)ccc3c2n1.[B]. The topological polar surface area (TPSA) is 51.9 Å². The van der Waals surface area contributed by atoms with Crippen molar-refractivity contribution < 1.29 is 0 Å². The lowest BCUT2D eigenvalue weighted by Crippen LogP contribution is -1.93. The number of fused-ring (bicyclic) bond motifs is 9. The first-order valence-electron chi connectivity index (χ1n) is 22.5. The van der Waals surface area contributed by atoms with Crippen molar-refractivity contribution >= 4 is 57.7 Å². The maximum absolute atomic E-state index is 4.85. The zero-order valence-electron chi connectivity index (χ0n) is 37.3. The molecule has 13 rings (SSSR count). The Labute approximate surface area is 389 Å². The molecule has 6 nitrogen and oxygen atoms in total. The predicted octanol–water partition coefficient (Wildman–Crippen LogP) is 14.6. The van der Waals surface area contributed by atoms with Crippen molar-refractivity contribution in [3.05, 3.63) is 218 Å². The summed E-state index contributed by atoms with van der Waals surface area (Å²) in [6.45, 7) is 6.14. The molecule has 0 saturated carbocycles. The van der Waals surface area contributed by atoms with E-state index in [0.29, 0.717) is 0 Å². The first-order chi connectivity index (χ1) is 32.4. The summed E-state index contributed by atoms with van der Waals surface area (Å²) in [5.41, 5.74) is 19.9. The molecule has 0 bridgehead atoms. The molecule has 67 heavy (non-hydrogen) atoms. The van der Waals surface area contributed by atoms with Gasteiger partial charge in [-0.25, -0.2) is 15.0 Å². The van der Waals surface area contributed by atoms with Crippen molar-refractivity contribution in [2.45, 2.75) is 20.8 Å². The van der Waals surface area contributed by atoms with Gasteiger partial charge in [-0.1, -0.05) is 109 Å². The fraction of sp³-hybridized carbons (Fsp3) is 0.0500. The van der Waals surface area contributed by atoms with E-state index in [4.69, 9.17) is 15.0 Å². The molecule has 0 fully saturated rings. The van der Waals surface area contributed by atoms with Gasteiger partial charge < -0.3 is 13.2 Å². The summed E-state index contributed by atoms with van der Waals surface area (Å²) in [7, 11) is 0. The fourth-order valence-corrected chi connectivity index (χ4v) is 10.2. The summed E-state index contributed by atoms with van der Waals surface area (Å²) in [6, 6.07) is 60.6. The number of pyridine rings is 3. The Balaban J connectivity index is 0.00000468. The normalized spacial score (nSPS) is 11.7. The summed E-state index contributed by atoms with van der Waals surface area (Å²) in [5, 5.41) is 6.91. The molecule has 0 saturated heterocycles. The summed E-state index contributed by atoms with van der Waals surface area (Å²) in [5.74, 6) is 0. The molecular formula is C60H42BN6. The van der Waals surface area contributed by atoms with E-state index in [1.165, 1.54) is 33.4 Å². The van der Waals surface area contributed by atoms with Crippen molar-refractivity contribution in [1.82, 2.24) is 28.2 Å². The number of rotatable bonds is 6. The van der Waals surface area contributed by atoms with Gasteiger partial charge >= 0.3 is 0 Å². The summed E-state index contributed by atoms with van der Waals surface area (Å²) >= 11 is 0. The third-order valence-electron chi connectivity index (χ3n) is 13.3. The van der Waals surface area contributed by atoms with Crippen molar-refractivity contribution in [2.75, 3.05) is 0 Å². The van der Waals surface area contributed by atoms with Crippen LogP contribution in [0.3, 0.4) is 0 Å². The van der Waals surface area contributed by atoms with Crippen LogP contribution >= 0.6 is 0 Å². The standard InChI is InChI=1S/C60H42N6.B/c1-37-34-64-25-22-43-28-40(16-19-55(43)58(64)61-37)49-10-4-7-13-52(49)46-31-47(53-14-8-5-11-50(53)41-17-20-56-44(29-41)23-26-65-35-38(2)62-59(56)65)33-48(32-46)54-15-9-6-12-51(54)42-18-21-57-45(30-42)24-27-66-36-39(3)63-60(57)66;/h4-36H,1-3H3;. The van der Waals surface area contributed by atoms with Crippen LogP contribution in [0.2, 0.25) is 0 Å². The van der Waals surface area contributed by atoms with E-state index in [9.17, 15) is 0 Å². The van der Waals surface area contributed by atoms with Crippen LogP contribution in [0.4, 0.5) is 0 Å². The molecule has 6 aromatic heterocycles. The van der Waals surface area contributed by atoms with Crippen molar-refractivity contribution in [3.63, 3.8) is 0 Å². The van der Waals surface area contributed by atoms with Crippen LogP contribution in [0.1, 0.15) is 17.1 Å². The Morgan fingerprint density at radius 1 is 0.299 bits per heavy atom. The molecule has 7 aromatic carbocycles. The van der Waals surface area contributed by atoms with Crippen molar-refractivity contribution in [1.29, 1.82) is 0 Å². The van der Waals surface area contributed by atoms with Crippen LogP contribution in [0, 0.1) is 20.8 Å². The molecular weight excluding hydrogens is 816 g/mol. The largest absolute Gasteiger partial charge is 0.306 e. The minimum absolute atomic E-state index is 0. The molecule has 7 heteroatoms. The Morgan fingerprint density at radius 3 is 0.851 bits per heavy atom. The number of hydrogen-bond acceptors (Lipinski definition) is 3. The zero-order valence-corrected chi connectivity index (χ0v) is 37.3. The first kappa shape index (κ1) is 40.0. The Bertz CT molecular complexity index is 3680. The smallest absolute Gasteiger partial charge is 0.144 e. The van der Waals surface area contributed by atoms with E-state index in [1.54, 1.807) is 0 Å². The van der Waals surface area contributed by atoms with Gasteiger partial charge in [0.25, 0.3) is 0 Å². The number of aromatic nitrogens is 6. The van der Waals surface area contributed by atoms with Gasteiger partial charge in [0.05, 0.1) is 17.1 Å². The predicted molar refractivity (Wildman–Crippen MR) is 278 cm³/mol. The van der Waals surface area contributed by atoms with E-state index in [2.05, 4.69) is 214 Å². The quantitative estimate of drug-likeness (QED) is 0.157. The summed E-state index contributed by atoms with van der Waals surface area (Å²) in [4.78, 5) is 14.6. The van der Waals surface area contributed by atoms with E-state index in [0.717, 1.165) is 99.7 Å².